The van der Waals surface area contributed by atoms with Crippen molar-refractivity contribution >= 4 is 39.7 Å². The first kappa shape index (κ1) is 22.5. The lowest BCUT2D eigenvalue weighted by Gasteiger charge is -2.11. The van der Waals surface area contributed by atoms with Crippen LogP contribution in [0.25, 0.3) is 27.7 Å². The number of rotatable bonds is 6. The number of ether oxygens (including phenoxy) is 2. The van der Waals surface area contributed by atoms with Crippen molar-refractivity contribution in [3.05, 3.63) is 83.1 Å². The highest BCUT2D eigenvalue weighted by Crippen LogP contribution is 2.37. The number of allylic oxidation sites excluding steroid dienone is 1. The van der Waals surface area contributed by atoms with E-state index in [1.807, 2.05) is 56.3 Å². The van der Waals surface area contributed by atoms with E-state index < -0.39 is 0 Å². The highest BCUT2D eigenvalue weighted by atomic mass is 35.5. The van der Waals surface area contributed by atoms with Crippen molar-refractivity contribution in [2.75, 3.05) is 19.5 Å². The first-order valence-electron chi connectivity index (χ1n) is 10.4. The molecule has 0 bridgehead atoms. The molecule has 33 heavy (non-hydrogen) atoms. The molecule has 0 radical (unpaired) electrons. The second kappa shape index (κ2) is 9.43. The monoisotopic (exact) mass is 461 g/mol. The lowest BCUT2D eigenvalue weighted by molar-refractivity contribution is -0.111. The van der Waals surface area contributed by atoms with Crippen LogP contribution < -0.4 is 14.8 Å². The molecule has 0 fully saturated rings. The molecule has 0 aliphatic carbocycles. The maximum atomic E-state index is 12.7. The number of fused-ring (bicyclic) bond motifs is 1. The Balaban J connectivity index is 1.70. The van der Waals surface area contributed by atoms with E-state index in [0.717, 1.165) is 39.0 Å². The number of benzene rings is 3. The molecule has 1 aromatic heterocycles. The van der Waals surface area contributed by atoms with Crippen LogP contribution in [0, 0.1) is 6.92 Å². The topological polar surface area (TPSA) is 60.7 Å². The van der Waals surface area contributed by atoms with E-state index in [4.69, 9.17) is 25.5 Å². The van der Waals surface area contributed by atoms with Crippen molar-refractivity contribution in [2.45, 2.75) is 13.8 Å². The third kappa shape index (κ3) is 4.73. The van der Waals surface area contributed by atoms with Crippen LogP contribution in [0.15, 0.2) is 71.4 Å². The van der Waals surface area contributed by atoms with Crippen molar-refractivity contribution in [3.63, 3.8) is 0 Å². The molecule has 6 heteroatoms. The molecule has 4 aromatic rings. The average molecular weight is 462 g/mol. The van der Waals surface area contributed by atoms with Gasteiger partial charge in [-0.3, -0.25) is 4.79 Å². The number of methoxy groups -OCH3 is 2. The predicted octanol–water partition coefficient (Wildman–Crippen LogP) is 7.12. The summed E-state index contributed by atoms with van der Waals surface area (Å²) < 4.78 is 16.6. The van der Waals surface area contributed by atoms with Crippen molar-refractivity contribution in [2.24, 2.45) is 0 Å². The summed E-state index contributed by atoms with van der Waals surface area (Å²) in [5, 5.41) is 4.39. The quantitative estimate of drug-likeness (QED) is 0.310. The number of aryl methyl sites for hydroxylation is 1. The van der Waals surface area contributed by atoms with Crippen LogP contribution in [-0.4, -0.2) is 20.1 Å². The predicted molar refractivity (Wildman–Crippen MR) is 133 cm³/mol. The average Bonchev–Trinajstić information content (AvgIpc) is 3.23. The third-order valence-electron chi connectivity index (χ3n) is 5.53. The van der Waals surface area contributed by atoms with E-state index in [-0.39, 0.29) is 5.91 Å². The summed E-state index contributed by atoms with van der Waals surface area (Å²) >= 11 is 6.07. The molecule has 0 saturated heterocycles. The number of hydrogen-bond acceptors (Lipinski definition) is 4. The van der Waals surface area contributed by atoms with Gasteiger partial charge in [0.05, 0.1) is 20.5 Å². The number of hydrogen-bond donors (Lipinski definition) is 1. The molecule has 1 heterocycles. The van der Waals surface area contributed by atoms with Crippen molar-refractivity contribution in [1.82, 2.24) is 0 Å². The van der Waals surface area contributed by atoms with Gasteiger partial charge in [-0.1, -0.05) is 29.8 Å². The number of furan rings is 1. The standard InChI is InChI=1S/C27H24ClNO4/c1-16-5-8-19(28)12-24(16)29-27(30)11-17(2)21-13-22-23(15-33-26(22)14-25(21)32-4)18-6-9-20(31-3)10-7-18/h5-15H,1-4H3,(H,29,30)/b17-11+. The molecule has 0 atom stereocenters. The minimum atomic E-state index is -0.248. The van der Waals surface area contributed by atoms with Gasteiger partial charge in [-0.25, -0.2) is 0 Å². The van der Waals surface area contributed by atoms with Gasteiger partial charge in [0.1, 0.15) is 17.1 Å². The summed E-state index contributed by atoms with van der Waals surface area (Å²) in [5.74, 6) is 1.16. The minimum absolute atomic E-state index is 0.248. The fourth-order valence-corrected chi connectivity index (χ4v) is 3.87. The summed E-state index contributed by atoms with van der Waals surface area (Å²) in [7, 11) is 3.24. The van der Waals surface area contributed by atoms with E-state index in [0.29, 0.717) is 22.0 Å². The number of anilines is 1. The van der Waals surface area contributed by atoms with Crippen LogP contribution in [0.5, 0.6) is 11.5 Å². The Hall–Kier alpha value is -3.70. The zero-order valence-corrected chi connectivity index (χ0v) is 19.6. The molecule has 0 aliphatic rings. The van der Waals surface area contributed by atoms with E-state index in [1.165, 1.54) is 0 Å². The van der Waals surface area contributed by atoms with Gasteiger partial charge in [0.15, 0.2) is 0 Å². The van der Waals surface area contributed by atoms with Crippen LogP contribution in [0.4, 0.5) is 5.69 Å². The Kier molecular flexibility index (Phi) is 6.43. The molecule has 1 amide bonds. The van der Waals surface area contributed by atoms with Gasteiger partial charge in [0, 0.05) is 39.4 Å². The summed E-state index contributed by atoms with van der Waals surface area (Å²) in [6.07, 6.45) is 3.28. The van der Waals surface area contributed by atoms with Gasteiger partial charge >= 0.3 is 0 Å². The van der Waals surface area contributed by atoms with Crippen LogP contribution in [0.2, 0.25) is 5.02 Å². The summed E-state index contributed by atoms with van der Waals surface area (Å²) in [5.41, 5.74) is 5.82. The highest BCUT2D eigenvalue weighted by Gasteiger charge is 2.15. The van der Waals surface area contributed by atoms with Crippen LogP contribution >= 0.6 is 11.6 Å². The molecule has 4 rings (SSSR count). The van der Waals surface area contributed by atoms with Gasteiger partial charge in [0.25, 0.3) is 0 Å². The lowest BCUT2D eigenvalue weighted by atomic mass is 9.99. The fraction of sp³-hybridized carbons (Fsp3) is 0.148. The molecule has 5 nitrogen and oxygen atoms in total. The number of carbonyl (C=O) groups is 1. The molecule has 0 saturated carbocycles. The zero-order chi connectivity index (χ0) is 23.5. The molecule has 168 valence electrons. The Morgan fingerprint density at radius 3 is 2.48 bits per heavy atom. The van der Waals surface area contributed by atoms with Crippen LogP contribution in [-0.2, 0) is 4.79 Å². The molecule has 0 aliphatic heterocycles. The number of halogens is 1. The van der Waals surface area contributed by atoms with Crippen LogP contribution in [0.1, 0.15) is 18.1 Å². The largest absolute Gasteiger partial charge is 0.497 e. The van der Waals surface area contributed by atoms with E-state index in [1.54, 1.807) is 38.7 Å². The van der Waals surface area contributed by atoms with E-state index in [9.17, 15) is 4.79 Å². The smallest absolute Gasteiger partial charge is 0.248 e. The fourth-order valence-electron chi connectivity index (χ4n) is 3.70. The summed E-state index contributed by atoms with van der Waals surface area (Å²) in [6.45, 7) is 3.79. The number of nitrogens with one attached hydrogen (secondary N) is 1. The highest BCUT2D eigenvalue weighted by molar-refractivity contribution is 6.31. The first-order chi connectivity index (χ1) is 15.9. The SMILES string of the molecule is COc1ccc(-c2coc3cc(OC)c(/C(C)=C/C(=O)Nc4cc(Cl)ccc4C)cc23)cc1. The van der Waals surface area contributed by atoms with Crippen molar-refractivity contribution in [1.29, 1.82) is 0 Å². The molecule has 0 unspecified atom stereocenters. The minimum Gasteiger partial charge on any atom is -0.497 e. The second-order valence-corrected chi connectivity index (χ2v) is 8.14. The van der Waals surface area contributed by atoms with Crippen molar-refractivity contribution < 1.29 is 18.7 Å². The van der Waals surface area contributed by atoms with E-state index >= 15 is 0 Å². The van der Waals surface area contributed by atoms with Gasteiger partial charge in [0.2, 0.25) is 5.91 Å². The molecule has 1 N–H and O–H groups in total. The zero-order valence-electron chi connectivity index (χ0n) is 18.9. The normalized spacial score (nSPS) is 11.5. The number of carbonyl (C=O) groups excluding carboxylic acids is 1. The summed E-state index contributed by atoms with van der Waals surface area (Å²) in [4.78, 5) is 12.7. The van der Waals surface area contributed by atoms with Crippen molar-refractivity contribution in [3.8, 4) is 22.6 Å². The Labute approximate surface area is 197 Å². The maximum Gasteiger partial charge on any atom is 0.248 e. The third-order valence-corrected chi connectivity index (χ3v) is 5.76. The first-order valence-corrected chi connectivity index (χ1v) is 10.8. The lowest BCUT2D eigenvalue weighted by Crippen LogP contribution is -2.09. The van der Waals surface area contributed by atoms with Gasteiger partial charge < -0.3 is 19.2 Å². The number of amides is 1. The molecule has 0 spiro atoms. The Morgan fingerprint density at radius 1 is 1.03 bits per heavy atom. The maximum absolute atomic E-state index is 12.7. The summed E-state index contributed by atoms with van der Waals surface area (Å²) in [6, 6.07) is 17.0. The van der Waals surface area contributed by atoms with Gasteiger partial charge in [-0.05, 0) is 60.9 Å². The van der Waals surface area contributed by atoms with Gasteiger partial charge in [-0.15, -0.1) is 0 Å². The Bertz CT molecular complexity index is 1350. The Morgan fingerprint density at radius 2 is 1.79 bits per heavy atom. The second-order valence-electron chi connectivity index (χ2n) is 7.70. The molecular weight excluding hydrogens is 438 g/mol. The van der Waals surface area contributed by atoms with E-state index in [2.05, 4.69) is 5.32 Å². The van der Waals surface area contributed by atoms with Crippen LogP contribution in [0.3, 0.4) is 0 Å². The molecule has 3 aromatic carbocycles. The molecular formula is C27H24ClNO4. The van der Waals surface area contributed by atoms with Gasteiger partial charge in [-0.2, -0.15) is 0 Å².